The lowest BCUT2D eigenvalue weighted by molar-refractivity contribution is 0.102. The minimum atomic E-state index is -0.0000154. The molecule has 0 aliphatic rings. The highest BCUT2D eigenvalue weighted by Gasteiger charge is 2.16. The highest BCUT2D eigenvalue weighted by atomic mass is 32.2. The highest BCUT2D eigenvalue weighted by Crippen LogP contribution is 2.27. The molecule has 3 rings (SSSR count). The third-order valence-corrected chi connectivity index (χ3v) is 5.05. The first-order chi connectivity index (χ1) is 13.7. The van der Waals surface area contributed by atoms with Crippen LogP contribution in [0, 0.1) is 0 Å². The van der Waals surface area contributed by atoms with E-state index in [1.165, 1.54) is 11.8 Å². The minimum Gasteiger partial charge on any atom is -0.497 e. The molecule has 2 aromatic carbocycles. The Hall–Kier alpha value is -3.06. The van der Waals surface area contributed by atoms with Crippen molar-refractivity contribution < 1.29 is 14.3 Å². The molecule has 0 saturated heterocycles. The zero-order valence-electron chi connectivity index (χ0n) is 15.8. The Morgan fingerprint density at radius 1 is 1.11 bits per heavy atom. The number of thioether (sulfide) groups is 1. The number of ketones is 1. The Bertz CT molecular complexity index is 985. The van der Waals surface area contributed by atoms with Gasteiger partial charge in [0.15, 0.2) is 16.8 Å². The van der Waals surface area contributed by atoms with Gasteiger partial charge in [0.1, 0.15) is 11.5 Å². The van der Waals surface area contributed by atoms with Crippen LogP contribution >= 0.6 is 11.8 Å². The van der Waals surface area contributed by atoms with Gasteiger partial charge in [-0.1, -0.05) is 42.1 Å². The van der Waals surface area contributed by atoms with Crippen LogP contribution in [0.15, 0.2) is 66.3 Å². The molecule has 1 heterocycles. The summed E-state index contributed by atoms with van der Waals surface area (Å²) in [5, 5.41) is 9.25. The van der Waals surface area contributed by atoms with Gasteiger partial charge in [0.05, 0.1) is 20.0 Å². The quantitative estimate of drug-likeness (QED) is 0.308. The topological polar surface area (TPSA) is 66.2 Å². The molecule has 28 heavy (non-hydrogen) atoms. The van der Waals surface area contributed by atoms with Crippen LogP contribution in [0.3, 0.4) is 0 Å². The van der Waals surface area contributed by atoms with Gasteiger partial charge in [-0.25, -0.2) is 0 Å². The summed E-state index contributed by atoms with van der Waals surface area (Å²) in [6, 6.07) is 14.8. The first kappa shape index (κ1) is 19.7. The van der Waals surface area contributed by atoms with E-state index in [0.717, 1.165) is 11.3 Å². The molecule has 144 valence electrons. The number of hydrogen-bond acceptors (Lipinski definition) is 6. The largest absolute Gasteiger partial charge is 0.497 e. The number of benzene rings is 2. The van der Waals surface area contributed by atoms with E-state index in [9.17, 15) is 4.79 Å². The van der Waals surface area contributed by atoms with Crippen molar-refractivity contribution in [3.63, 3.8) is 0 Å². The summed E-state index contributed by atoms with van der Waals surface area (Å²) >= 11 is 1.35. The molecule has 0 saturated carbocycles. The van der Waals surface area contributed by atoms with Crippen molar-refractivity contribution in [2.75, 3.05) is 20.0 Å². The van der Waals surface area contributed by atoms with Crippen LogP contribution in [-0.4, -0.2) is 40.5 Å². The number of allylic oxidation sites excluding steroid dienone is 1. The van der Waals surface area contributed by atoms with Crippen LogP contribution in [0.2, 0.25) is 0 Å². The monoisotopic (exact) mass is 395 g/mol. The Morgan fingerprint density at radius 3 is 2.54 bits per heavy atom. The van der Waals surface area contributed by atoms with E-state index in [0.29, 0.717) is 28.8 Å². The van der Waals surface area contributed by atoms with Crippen LogP contribution in [0.1, 0.15) is 10.4 Å². The first-order valence-electron chi connectivity index (χ1n) is 8.65. The average Bonchev–Trinajstić information content (AvgIpc) is 3.15. The lowest BCUT2D eigenvalue weighted by Gasteiger charge is -2.09. The average molecular weight is 395 g/mol. The number of rotatable bonds is 9. The second-order valence-electron chi connectivity index (χ2n) is 5.88. The summed E-state index contributed by atoms with van der Waals surface area (Å²) in [4.78, 5) is 12.5. The third-order valence-electron chi connectivity index (χ3n) is 4.08. The molecule has 0 fully saturated rings. The number of carbonyl (C=O) groups excluding carboxylic acids is 1. The summed E-state index contributed by atoms with van der Waals surface area (Å²) < 4.78 is 12.4. The van der Waals surface area contributed by atoms with E-state index in [4.69, 9.17) is 9.47 Å². The van der Waals surface area contributed by atoms with Gasteiger partial charge in [0, 0.05) is 17.7 Å². The zero-order valence-corrected chi connectivity index (χ0v) is 16.6. The predicted octanol–water partition coefficient (Wildman–Crippen LogP) is 4.12. The van der Waals surface area contributed by atoms with E-state index in [-0.39, 0.29) is 11.5 Å². The molecule has 1 aromatic heterocycles. The van der Waals surface area contributed by atoms with Crippen LogP contribution in [0.5, 0.6) is 11.5 Å². The summed E-state index contributed by atoms with van der Waals surface area (Å²) in [5.74, 6) is 2.36. The molecule has 0 amide bonds. The molecule has 6 nitrogen and oxygen atoms in total. The summed E-state index contributed by atoms with van der Waals surface area (Å²) in [7, 11) is 3.20. The van der Waals surface area contributed by atoms with Crippen LogP contribution in [0.4, 0.5) is 0 Å². The number of carbonyl (C=O) groups is 1. The van der Waals surface area contributed by atoms with Gasteiger partial charge in [-0.05, 0) is 24.3 Å². The first-order valence-corrected chi connectivity index (χ1v) is 9.63. The molecule has 0 atom stereocenters. The molecule has 0 bridgehead atoms. The molecule has 0 N–H and O–H groups in total. The predicted molar refractivity (Wildman–Crippen MR) is 110 cm³/mol. The maximum Gasteiger partial charge on any atom is 0.192 e. The number of methoxy groups -OCH3 is 2. The molecule has 0 unspecified atom stereocenters. The molecule has 0 spiro atoms. The second kappa shape index (κ2) is 9.23. The Kier molecular flexibility index (Phi) is 6.49. The van der Waals surface area contributed by atoms with Gasteiger partial charge in [0.2, 0.25) is 0 Å². The summed E-state index contributed by atoms with van der Waals surface area (Å²) in [6.45, 7) is 4.35. The van der Waals surface area contributed by atoms with Crippen molar-refractivity contribution in [3.05, 3.63) is 66.7 Å². The summed E-state index contributed by atoms with van der Waals surface area (Å²) in [5.41, 5.74) is 1.49. The molecule has 7 heteroatoms. The van der Waals surface area contributed by atoms with Crippen molar-refractivity contribution in [2.45, 2.75) is 11.7 Å². The fourth-order valence-corrected chi connectivity index (χ4v) is 3.52. The molecular weight excluding hydrogens is 374 g/mol. The van der Waals surface area contributed by atoms with E-state index < -0.39 is 0 Å². The van der Waals surface area contributed by atoms with Gasteiger partial charge in [-0.15, -0.1) is 16.8 Å². The van der Waals surface area contributed by atoms with Gasteiger partial charge >= 0.3 is 0 Å². The molecule has 0 aliphatic carbocycles. The molecule has 0 aliphatic heterocycles. The van der Waals surface area contributed by atoms with E-state index in [2.05, 4.69) is 16.8 Å². The lowest BCUT2D eigenvalue weighted by Crippen LogP contribution is -2.05. The fraction of sp³-hybridized carbons (Fsp3) is 0.190. The van der Waals surface area contributed by atoms with E-state index >= 15 is 0 Å². The van der Waals surface area contributed by atoms with E-state index in [1.54, 1.807) is 38.5 Å². The fourth-order valence-electron chi connectivity index (χ4n) is 2.67. The zero-order chi connectivity index (χ0) is 19.9. The summed E-state index contributed by atoms with van der Waals surface area (Å²) in [6.07, 6.45) is 1.78. The normalized spacial score (nSPS) is 10.5. The van der Waals surface area contributed by atoms with Crippen molar-refractivity contribution in [1.29, 1.82) is 0 Å². The SMILES string of the molecule is C=CCn1c(SCC(=O)c2cccc(OC)c2)nnc1-c1cccc(OC)c1. The van der Waals surface area contributed by atoms with Crippen molar-refractivity contribution in [3.8, 4) is 22.9 Å². The van der Waals surface area contributed by atoms with Gasteiger partial charge in [0.25, 0.3) is 0 Å². The van der Waals surface area contributed by atoms with Gasteiger partial charge in [-0.2, -0.15) is 0 Å². The Balaban J connectivity index is 1.81. The number of ether oxygens (including phenoxy) is 2. The van der Waals surface area contributed by atoms with Gasteiger partial charge in [-0.3, -0.25) is 9.36 Å². The Labute approximate surface area is 168 Å². The molecule has 0 radical (unpaired) electrons. The van der Waals surface area contributed by atoms with E-state index in [1.807, 2.05) is 34.9 Å². The van der Waals surface area contributed by atoms with Crippen molar-refractivity contribution in [2.24, 2.45) is 0 Å². The number of nitrogens with zero attached hydrogens (tertiary/aromatic N) is 3. The lowest BCUT2D eigenvalue weighted by atomic mass is 10.1. The maximum atomic E-state index is 12.5. The molecule has 3 aromatic rings. The standard InChI is InChI=1S/C21H21N3O3S/c1-4-11-24-20(16-8-6-10-18(13-16)27-3)22-23-21(24)28-14-19(25)15-7-5-9-17(12-15)26-2/h4-10,12-13H,1,11,14H2,2-3H3. The minimum absolute atomic E-state index is 0.0000154. The van der Waals surface area contributed by atoms with Crippen LogP contribution in [0.25, 0.3) is 11.4 Å². The van der Waals surface area contributed by atoms with Crippen LogP contribution < -0.4 is 9.47 Å². The molecular formula is C21H21N3O3S. The second-order valence-corrected chi connectivity index (χ2v) is 6.82. The smallest absolute Gasteiger partial charge is 0.192 e. The van der Waals surface area contributed by atoms with Gasteiger partial charge < -0.3 is 9.47 Å². The van der Waals surface area contributed by atoms with Crippen molar-refractivity contribution >= 4 is 17.5 Å². The van der Waals surface area contributed by atoms with Crippen molar-refractivity contribution in [1.82, 2.24) is 14.8 Å². The maximum absolute atomic E-state index is 12.5. The Morgan fingerprint density at radius 2 is 1.82 bits per heavy atom. The highest BCUT2D eigenvalue weighted by molar-refractivity contribution is 7.99. The number of hydrogen-bond donors (Lipinski definition) is 0. The van der Waals surface area contributed by atoms with Crippen LogP contribution in [-0.2, 0) is 6.54 Å². The number of aromatic nitrogens is 3. The number of Topliss-reactive ketones (excluding diaryl/α,β-unsaturated/α-hetero) is 1. The third kappa shape index (κ3) is 4.43.